The Labute approximate surface area is 106 Å². The van der Waals surface area contributed by atoms with Crippen molar-refractivity contribution in [3.63, 3.8) is 0 Å². The van der Waals surface area contributed by atoms with Crippen LogP contribution in [0.25, 0.3) is 0 Å². The number of hydrogen-bond acceptors (Lipinski definition) is 3. The van der Waals surface area contributed by atoms with Crippen LogP contribution in [0.1, 0.15) is 5.56 Å². The molecule has 1 aliphatic rings. The zero-order valence-corrected chi connectivity index (χ0v) is 10.6. The third kappa shape index (κ3) is 3.26. The predicted molar refractivity (Wildman–Crippen MR) is 64.6 cm³/mol. The minimum atomic E-state index is -3.56. The van der Waals surface area contributed by atoms with Crippen LogP contribution < -0.4 is 4.72 Å². The molecule has 0 aliphatic carbocycles. The Kier molecular flexibility index (Phi) is 4.28. The molecular weight excluding hydrogens is 259 g/mol. The maximum Gasteiger partial charge on any atom is 0.279 e. The van der Waals surface area contributed by atoms with E-state index in [0.717, 1.165) is 0 Å². The molecule has 100 valence electrons. The van der Waals surface area contributed by atoms with Gasteiger partial charge in [-0.05, 0) is 6.07 Å². The molecule has 0 radical (unpaired) electrons. The summed E-state index contributed by atoms with van der Waals surface area (Å²) in [7, 11) is -3.56. The van der Waals surface area contributed by atoms with Crippen molar-refractivity contribution in [1.82, 2.24) is 9.03 Å². The lowest BCUT2D eigenvalue weighted by molar-refractivity contribution is 0.0724. The SMILES string of the molecule is O=S(=O)(NCc1ccccc1F)N1CCOCC1. The Morgan fingerprint density at radius 2 is 1.94 bits per heavy atom. The fourth-order valence-electron chi connectivity index (χ4n) is 1.69. The summed E-state index contributed by atoms with van der Waals surface area (Å²) in [4.78, 5) is 0. The van der Waals surface area contributed by atoms with Crippen LogP contribution in [0.5, 0.6) is 0 Å². The summed E-state index contributed by atoms with van der Waals surface area (Å²) in [5, 5.41) is 0. The highest BCUT2D eigenvalue weighted by Gasteiger charge is 2.23. The Bertz CT molecular complexity index is 501. The van der Waals surface area contributed by atoms with Gasteiger partial charge >= 0.3 is 0 Å². The number of benzene rings is 1. The van der Waals surface area contributed by atoms with E-state index >= 15 is 0 Å². The average Bonchev–Trinajstić information content (AvgIpc) is 2.39. The van der Waals surface area contributed by atoms with Crippen molar-refractivity contribution in [2.45, 2.75) is 6.54 Å². The highest BCUT2D eigenvalue weighted by atomic mass is 32.2. The van der Waals surface area contributed by atoms with Gasteiger partial charge < -0.3 is 4.74 Å². The molecule has 1 aromatic carbocycles. The van der Waals surface area contributed by atoms with Crippen molar-refractivity contribution in [3.05, 3.63) is 35.6 Å². The smallest absolute Gasteiger partial charge is 0.279 e. The van der Waals surface area contributed by atoms with Crippen LogP contribution in [0.2, 0.25) is 0 Å². The summed E-state index contributed by atoms with van der Waals surface area (Å²) in [5.41, 5.74) is 0.328. The predicted octanol–water partition coefficient (Wildman–Crippen LogP) is 0.492. The molecule has 0 unspecified atom stereocenters. The first-order chi connectivity index (χ1) is 8.59. The molecule has 18 heavy (non-hydrogen) atoms. The van der Waals surface area contributed by atoms with Crippen molar-refractivity contribution < 1.29 is 17.5 Å². The van der Waals surface area contributed by atoms with Crippen molar-refractivity contribution in [2.24, 2.45) is 0 Å². The van der Waals surface area contributed by atoms with Crippen LogP contribution in [0, 0.1) is 5.82 Å². The second kappa shape index (κ2) is 5.75. The summed E-state index contributed by atoms with van der Waals surface area (Å²) in [6, 6.07) is 6.09. The number of ether oxygens (including phenoxy) is 1. The van der Waals surface area contributed by atoms with Crippen LogP contribution in [0.15, 0.2) is 24.3 Å². The molecule has 1 aromatic rings. The molecule has 1 heterocycles. The highest BCUT2D eigenvalue weighted by molar-refractivity contribution is 7.87. The van der Waals surface area contributed by atoms with E-state index in [2.05, 4.69) is 4.72 Å². The number of nitrogens with zero attached hydrogens (tertiary/aromatic N) is 1. The first-order valence-electron chi connectivity index (χ1n) is 5.65. The van der Waals surface area contributed by atoms with Gasteiger partial charge in [-0.3, -0.25) is 0 Å². The molecule has 1 fully saturated rings. The van der Waals surface area contributed by atoms with Gasteiger partial charge in [-0.2, -0.15) is 17.4 Å². The maximum absolute atomic E-state index is 13.3. The van der Waals surface area contributed by atoms with Gasteiger partial charge in [0.1, 0.15) is 5.82 Å². The van der Waals surface area contributed by atoms with E-state index in [-0.39, 0.29) is 6.54 Å². The lowest BCUT2D eigenvalue weighted by Crippen LogP contribution is -2.46. The first kappa shape index (κ1) is 13.4. The minimum Gasteiger partial charge on any atom is -0.379 e. The molecule has 2 rings (SSSR count). The van der Waals surface area contributed by atoms with Crippen molar-refractivity contribution in [2.75, 3.05) is 26.3 Å². The molecule has 0 amide bonds. The summed E-state index contributed by atoms with van der Waals surface area (Å²) in [5.74, 6) is -0.415. The van der Waals surface area contributed by atoms with Gasteiger partial charge in [-0.1, -0.05) is 18.2 Å². The number of rotatable bonds is 4. The number of hydrogen-bond donors (Lipinski definition) is 1. The second-order valence-corrected chi connectivity index (χ2v) is 5.68. The van der Waals surface area contributed by atoms with E-state index in [1.54, 1.807) is 18.2 Å². The van der Waals surface area contributed by atoms with Crippen molar-refractivity contribution in [3.8, 4) is 0 Å². The third-order valence-electron chi connectivity index (χ3n) is 2.71. The molecule has 1 aliphatic heterocycles. The zero-order chi connectivity index (χ0) is 13.0. The number of morpholine rings is 1. The van der Waals surface area contributed by atoms with Gasteiger partial charge in [0, 0.05) is 25.2 Å². The fourth-order valence-corrected chi connectivity index (χ4v) is 2.84. The van der Waals surface area contributed by atoms with Gasteiger partial charge in [-0.15, -0.1) is 0 Å². The van der Waals surface area contributed by atoms with Crippen LogP contribution in [0.3, 0.4) is 0 Å². The van der Waals surface area contributed by atoms with Crippen molar-refractivity contribution >= 4 is 10.2 Å². The second-order valence-electron chi connectivity index (χ2n) is 3.93. The van der Waals surface area contributed by atoms with Gasteiger partial charge in [-0.25, -0.2) is 4.39 Å². The molecule has 0 aromatic heterocycles. The molecular formula is C11H15FN2O3S. The number of nitrogens with one attached hydrogen (secondary N) is 1. The third-order valence-corrected chi connectivity index (χ3v) is 4.27. The summed E-state index contributed by atoms with van der Waals surface area (Å²) in [6.07, 6.45) is 0. The summed E-state index contributed by atoms with van der Waals surface area (Å²) in [6.45, 7) is 1.38. The Hall–Kier alpha value is -1.02. The van der Waals surface area contributed by atoms with Gasteiger partial charge in [0.25, 0.3) is 10.2 Å². The largest absolute Gasteiger partial charge is 0.379 e. The maximum atomic E-state index is 13.3. The molecule has 5 nitrogen and oxygen atoms in total. The first-order valence-corrected chi connectivity index (χ1v) is 7.09. The van der Waals surface area contributed by atoms with Gasteiger partial charge in [0.15, 0.2) is 0 Å². The van der Waals surface area contributed by atoms with E-state index in [9.17, 15) is 12.8 Å². The van der Waals surface area contributed by atoms with Gasteiger partial charge in [0.2, 0.25) is 0 Å². The molecule has 1 N–H and O–H groups in total. The van der Waals surface area contributed by atoms with Gasteiger partial charge in [0.05, 0.1) is 13.2 Å². The van der Waals surface area contributed by atoms with Crippen LogP contribution in [-0.2, 0) is 21.5 Å². The fraction of sp³-hybridized carbons (Fsp3) is 0.455. The minimum absolute atomic E-state index is 0.0492. The zero-order valence-electron chi connectivity index (χ0n) is 9.80. The topological polar surface area (TPSA) is 58.6 Å². The van der Waals surface area contributed by atoms with Crippen LogP contribution in [-0.4, -0.2) is 39.0 Å². The van der Waals surface area contributed by atoms with Crippen LogP contribution in [0.4, 0.5) is 4.39 Å². The molecule has 0 bridgehead atoms. The van der Waals surface area contributed by atoms with Crippen LogP contribution >= 0.6 is 0 Å². The molecule has 1 saturated heterocycles. The highest BCUT2D eigenvalue weighted by Crippen LogP contribution is 2.08. The normalized spacial score (nSPS) is 17.8. The number of halogens is 1. The summed E-state index contributed by atoms with van der Waals surface area (Å²) < 4.78 is 45.9. The average molecular weight is 274 g/mol. The van der Waals surface area contributed by atoms with E-state index in [1.165, 1.54) is 10.4 Å². The molecule has 0 spiro atoms. The van der Waals surface area contributed by atoms with E-state index < -0.39 is 16.0 Å². The Morgan fingerprint density at radius 1 is 1.28 bits per heavy atom. The standard InChI is InChI=1S/C11H15FN2O3S/c12-11-4-2-1-3-10(11)9-13-18(15,16)14-5-7-17-8-6-14/h1-4,13H,5-9H2. The van der Waals surface area contributed by atoms with E-state index in [4.69, 9.17) is 4.74 Å². The molecule has 0 saturated carbocycles. The van der Waals surface area contributed by atoms with Crippen molar-refractivity contribution in [1.29, 1.82) is 0 Å². The van der Waals surface area contributed by atoms with E-state index in [0.29, 0.717) is 31.9 Å². The lowest BCUT2D eigenvalue weighted by Gasteiger charge is -2.26. The Balaban J connectivity index is 1.98. The van der Waals surface area contributed by atoms with E-state index in [1.807, 2.05) is 0 Å². The molecule has 0 atom stereocenters. The summed E-state index contributed by atoms with van der Waals surface area (Å²) >= 11 is 0. The monoisotopic (exact) mass is 274 g/mol. The quantitative estimate of drug-likeness (QED) is 0.869. The molecule has 7 heteroatoms. The Morgan fingerprint density at radius 3 is 2.61 bits per heavy atom. The lowest BCUT2D eigenvalue weighted by atomic mass is 10.2.